The second-order valence-electron chi connectivity index (χ2n) is 5.49. The summed E-state index contributed by atoms with van der Waals surface area (Å²) in [5.74, 6) is 1.02. The van der Waals surface area contributed by atoms with Crippen molar-refractivity contribution in [1.29, 1.82) is 0 Å². The van der Waals surface area contributed by atoms with Crippen LogP contribution in [0.1, 0.15) is 19.1 Å². The Labute approximate surface area is 120 Å². The van der Waals surface area contributed by atoms with Crippen LogP contribution in [0.25, 0.3) is 0 Å². The van der Waals surface area contributed by atoms with E-state index < -0.39 is 0 Å². The molecule has 2 unspecified atom stereocenters. The monoisotopic (exact) mass is 282 g/mol. The van der Waals surface area contributed by atoms with Crippen molar-refractivity contribution < 1.29 is 14.3 Å². The summed E-state index contributed by atoms with van der Waals surface area (Å²) < 4.78 is 10.6. The first kappa shape index (κ1) is 15.5. The minimum Gasteiger partial charge on any atom is -0.469 e. The van der Waals surface area contributed by atoms with Crippen LogP contribution >= 0.6 is 0 Å². The Kier molecular flexibility index (Phi) is 6.53. The van der Waals surface area contributed by atoms with E-state index in [0.717, 1.165) is 51.4 Å². The zero-order chi connectivity index (χ0) is 14.2. The fraction of sp³-hybridized carbons (Fsp3) is 0.733. The second-order valence-corrected chi connectivity index (χ2v) is 5.49. The first-order chi connectivity index (χ1) is 9.74. The van der Waals surface area contributed by atoms with Gasteiger partial charge < -0.3 is 19.6 Å². The first-order valence-corrected chi connectivity index (χ1v) is 7.48. The van der Waals surface area contributed by atoms with Gasteiger partial charge in [-0.1, -0.05) is 0 Å². The molecule has 5 nitrogen and oxygen atoms in total. The minimum atomic E-state index is -0.320. The number of aliphatic hydroxyl groups is 1. The van der Waals surface area contributed by atoms with Crippen LogP contribution in [0.3, 0.4) is 0 Å². The number of rotatable bonds is 8. The molecule has 2 heterocycles. The molecular formula is C15H26N2O3. The Morgan fingerprint density at radius 3 is 2.90 bits per heavy atom. The lowest BCUT2D eigenvalue weighted by Gasteiger charge is -2.29. The third kappa shape index (κ3) is 5.63. The molecule has 1 aliphatic rings. The van der Waals surface area contributed by atoms with Crippen LogP contribution in [0.5, 0.6) is 0 Å². The first-order valence-electron chi connectivity index (χ1n) is 7.48. The highest BCUT2D eigenvalue weighted by atomic mass is 16.5. The predicted molar refractivity (Wildman–Crippen MR) is 77.8 cm³/mol. The van der Waals surface area contributed by atoms with Crippen LogP contribution < -0.4 is 5.32 Å². The van der Waals surface area contributed by atoms with E-state index in [0.29, 0.717) is 12.6 Å². The number of hydrogen-bond acceptors (Lipinski definition) is 5. The molecule has 114 valence electrons. The molecule has 2 atom stereocenters. The smallest absolute Gasteiger partial charge is 0.103 e. The molecule has 0 amide bonds. The Bertz CT molecular complexity index is 350. The maximum atomic E-state index is 10.0. The highest BCUT2D eigenvalue weighted by Crippen LogP contribution is 2.06. The maximum absolute atomic E-state index is 10.0. The fourth-order valence-corrected chi connectivity index (χ4v) is 2.40. The number of nitrogens with zero attached hydrogens (tertiary/aromatic N) is 1. The van der Waals surface area contributed by atoms with E-state index >= 15 is 0 Å². The number of aliphatic hydroxyl groups excluding tert-OH is 1. The van der Waals surface area contributed by atoms with Gasteiger partial charge in [0.1, 0.15) is 5.76 Å². The van der Waals surface area contributed by atoms with E-state index in [4.69, 9.17) is 9.15 Å². The Morgan fingerprint density at radius 1 is 1.40 bits per heavy atom. The summed E-state index contributed by atoms with van der Waals surface area (Å²) in [4.78, 5) is 2.25. The van der Waals surface area contributed by atoms with Gasteiger partial charge in [-0.25, -0.2) is 0 Å². The van der Waals surface area contributed by atoms with Crippen LogP contribution in [0.4, 0.5) is 0 Å². The van der Waals surface area contributed by atoms with Crippen LogP contribution in [-0.2, 0) is 11.2 Å². The standard InChI is InChI=1S/C15H26N2O3/c1-13(4-5-15-3-2-8-20-15)16-11-14(18)12-17-6-9-19-10-7-17/h2-3,8,13-14,16,18H,4-7,9-12H2,1H3. The van der Waals surface area contributed by atoms with Crippen LogP contribution in [0.2, 0.25) is 0 Å². The topological polar surface area (TPSA) is 57.9 Å². The van der Waals surface area contributed by atoms with Crippen LogP contribution in [0, 0.1) is 0 Å². The van der Waals surface area contributed by atoms with Gasteiger partial charge in [0.15, 0.2) is 0 Å². The molecule has 2 rings (SSSR count). The largest absolute Gasteiger partial charge is 0.469 e. The molecule has 5 heteroatoms. The number of ether oxygens (including phenoxy) is 1. The van der Waals surface area contributed by atoms with E-state index in [1.807, 2.05) is 12.1 Å². The Hall–Kier alpha value is -0.880. The highest BCUT2D eigenvalue weighted by molar-refractivity contribution is 4.98. The van der Waals surface area contributed by atoms with E-state index in [9.17, 15) is 5.11 Å². The van der Waals surface area contributed by atoms with E-state index in [-0.39, 0.29) is 6.10 Å². The molecule has 20 heavy (non-hydrogen) atoms. The van der Waals surface area contributed by atoms with Gasteiger partial charge in [0, 0.05) is 38.6 Å². The third-order valence-electron chi connectivity index (χ3n) is 3.68. The molecule has 2 N–H and O–H groups in total. The number of nitrogens with one attached hydrogen (secondary N) is 1. The number of morpholine rings is 1. The molecule has 0 spiro atoms. The lowest BCUT2D eigenvalue weighted by molar-refractivity contribution is 0.0145. The summed E-state index contributed by atoms with van der Waals surface area (Å²) in [7, 11) is 0. The summed E-state index contributed by atoms with van der Waals surface area (Å²) in [5, 5.41) is 13.4. The molecule has 0 saturated carbocycles. The van der Waals surface area contributed by atoms with Gasteiger partial charge in [-0.3, -0.25) is 4.90 Å². The SMILES string of the molecule is CC(CCc1ccco1)NCC(O)CN1CCOCC1. The number of β-amino-alcohol motifs (C(OH)–C–C–N with tert-alkyl or cyclic N) is 1. The summed E-state index contributed by atoms with van der Waals surface area (Å²) in [6.45, 7) is 6.90. The molecule has 1 fully saturated rings. The summed E-state index contributed by atoms with van der Waals surface area (Å²) in [6, 6.07) is 4.29. The average molecular weight is 282 g/mol. The lowest BCUT2D eigenvalue weighted by atomic mass is 10.1. The van der Waals surface area contributed by atoms with Crippen LogP contribution in [0.15, 0.2) is 22.8 Å². The fourth-order valence-electron chi connectivity index (χ4n) is 2.40. The normalized spacial score (nSPS) is 19.9. The molecule has 1 aliphatic heterocycles. The summed E-state index contributed by atoms with van der Waals surface area (Å²) in [5.41, 5.74) is 0. The minimum absolute atomic E-state index is 0.320. The van der Waals surface area contributed by atoms with Crippen molar-refractivity contribution in [1.82, 2.24) is 10.2 Å². The Balaban J connectivity index is 1.56. The molecule has 1 aromatic heterocycles. The quantitative estimate of drug-likeness (QED) is 0.741. The van der Waals surface area contributed by atoms with Gasteiger partial charge in [-0.15, -0.1) is 0 Å². The lowest BCUT2D eigenvalue weighted by Crippen LogP contribution is -2.45. The molecule has 0 bridgehead atoms. The van der Waals surface area contributed by atoms with E-state index in [1.54, 1.807) is 6.26 Å². The number of furan rings is 1. The molecule has 1 saturated heterocycles. The maximum Gasteiger partial charge on any atom is 0.103 e. The van der Waals surface area contributed by atoms with Gasteiger partial charge in [-0.05, 0) is 25.5 Å². The second kappa shape index (κ2) is 8.42. The van der Waals surface area contributed by atoms with Crippen molar-refractivity contribution in [2.45, 2.75) is 31.9 Å². The number of aryl methyl sites for hydroxylation is 1. The van der Waals surface area contributed by atoms with Crippen molar-refractivity contribution in [3.8, 4) is 0 Å². The third-order valence-corrected chi connectivity index (χ3v) is 3.68. The van der Waals surface area contributed by atoms with Crippen molar-refractivity contribution in [2.75, 3.05) is 39.4 Å². The zero-order valence-electron chi connectivity index (χ0n) is 12.3. The summed E-state index contributed by atoms with van der Waals surface area (Å²) in [6.07, 6.45) is 3.33. The van der Waals surface area contributed by atoms with Gasteiger partial charge in [0.05, 0.1) is 25.6 Å². The highest BCUT2D eigenvalue weighted by Gasteiger charge is 2.15. The average Bonchev–Trinajstić information content (AvgIpc) is 2.97. The van der Waals surface area contributed by atoms with Gasteiger partial charge in [-0.2, -0.15) is 0 Å². The van der Waals surface area contributed by atoms with Gasteiger partial charge >= 0.3 is 0 Å². The van der Waals surface area contributed by atoms with Gasteiger partial charge in [0.25, 0.3) is 0 Å². The Morgan fingerprint density at radius 2 is 2.20 bits per heavy atom. The summed E-state index contributed by atoms with van der Waals surface area (Å²) >= 11 is 0. The molecule has 0 aliphatic carbocycles. The van der Waals surface area contributed by atoms with E-state index in [2.05, 4.69) is 17.1 Å². The van der Waals surface area contributed by atoms with Crippen molar-refractivity contribution in [3.63, 3.8) is 0 Å². The predicted octanol–water partition coefficient (Wildman–Crippen LogP) is 0.883. The molecule has 0 radical (unpaired) electrons. The van der Waals surface area contributed by atoms with Crippen LogP contribution in [-0.4, -0.2) is 61.5 Å². The van der Waals surface area contributed by atoms with Gasteiger partial charge in [0.2, 0.25) is 0 Å². The van der Waals surface area contributed by atoms with E-state index in [1.165, 1.54) is 0 Å². The number of hydrogen-bond donors (Lipinski definition) is 2. The molecule has 1 aromatic rings. The van der Waals surface area contributed by atoms with Crippen molar-refractivity contribution in [2.24, 2.45) is 0 Å². The zero-order valence-corrected chi connectivity index (χ0v) is 12.3. The van der Waals surface area contributed by atoms with Crippen molar-refractivity contribution >= 4 is 0 Å². The molecule has 0 aromatic carbocycles. The van der Waals surface area contributed by atoms with Crippen molar-refractivity contribution in [3.05, 3.63) is 24.2 Å². The molecular weight excluding hydrogens is 256 g/mol.